The molecule has 0 atom stereocenters. The molecule has 10 nitrogen and oxygen atoms in total. The second kappa shape index (κ2) is 15.6. The van der Waals surface area contributed by atoms with Gasteiger partial charge in [-0.1, -0.05) is 12.1 Å². The number of aliphatic carboxylic acids is 1. The average molecular weight is 400 g/mol. The van der Waals surface area contributed by atoms with Gasteiger partial charge in [0.25, 0.3) is 0 Å². The molecule has 10 heteroatoms. The summed E-state index contributed by atoms with van der Waals surface area (Å²) in [4.78, 5) is 21.5. The number of hydrogen-bond donors (Lipinski definition) is 3. The van der Waals surface area contributed by atoms with Crippen molar-refractivity contribution in [1.82, 2.24) is 5.32 Å². The molecule has 0 saturated heterocycles. The molecule has 1 rings (SSSR count). The minimum atomic E-state index is -1.12. The number of ether oxygens (including phenoxy) is 5. The molecule has 0 saturated carbocycles. The molecule has 0 aliphatic rings. The second-order valence-electron chi connectivity index (χ2n) is 5.46. The van der Waals surface area contributed by atoms with E-state index in [0.29, 0.717) is 64.2 Å². The van der Waals surface area contributed by atoms with Crippen LogP contribution in [0.5, 0.6) is 5.75 Å². The number of benzene rings is 1. The summed E-state index contributed by atoms with van der Waals surface area (Å²) in [6.07, 6.45) is 0. The van der Waals surface area contributed by atoms with Gasteiger partial charge in [-0.05, 0) is 12.1 Å². The van der Waals surface area contributed by atoms with E-state index >= 15 is 0 Å². The number of para-hydroxylation sites is 2. The lowest BCUT2D eigenvalue weighted by Gasteiger charge is -2.09. The number of carbonyl (C=O) groups excluding carboxylic acids is 1. The molecule has 0 aliphatic carbocycles. The first-order valence-electron chi connectivity index (χ1n) is 8.86. The van der Waals surface area contributed by atoms with Gasteiger partial charge in [-0.3, -0.25) is 4.79 Å². The molecule has 1 aromatic rings. The number of hydrogen-bond acceptors (Lipinski definition) is 8. The molecule has 0 aromatic heterocycles. The lowest BCUT2D eigenvalue weighted by molar-refractivity contribution is -0.143. The Morgan fingerprint density at radius 3 is 2.11 bits per heavy atom. The summed E-state index contributed by atoms with van der Waals surface area (Å²) in [6, 6.07) is 7.28. The predicted octanol–water partition coefficient (Wildman–Crippen LogP) is -0.0852. The lowest BCUT2D eigenvalue weighted by Crippen LogP contribution is -2.31. The lowest BCUT2D eigenvalue weighted by atomic mass is 10.3. The summed E-state index contributed by atoms with van der Waals surface area (Å²) < 4.78 is 26.2. The van der Waals surface area contributed by atoms with Crippen molar-refractivity contribution in [3.05, 3.63) is 24.3 Å². The molecular formula is C18H28N2O8. The van der Waals surface area contributed by atoms with E-state index in [1.807, 2.05) is 12.1 Å². The number of nitrogens with two attached hydrogens (primary N) is 1. The first kappa shape index (κ1) is 23.6. The molecule has 28 heavy (non-hydrogen) atoms. The highest BCUT2D eigenvalue weighted by Crippen LogP contribution is 2.19. The molecule has 1 amide bonds. The molecule has 0 heterocycles. The topological polar surface area (TPSA) is 139 Å². The Bertz CT molecular complexity index is 570. The maximum atomic E-state index is 11.3. The number of anilines is 1. The van der Waals surface area contributed by atoms with Gasteiger partial charge in [0.2, 0.25) is 5.91 Å². The fourth-order valence-corrected chi connectivity index (χ4v) is 1.91. The number of amides is 1. The van der Waals surface area contributed by atoms with E-state index < -0.39 is 18.5 Å². The number of rotatable bonds is 17. The summed E-state index contributed by atoms with van der Waals surface area (Å²) in [5.41, 5.74) is 6.35. The van der Waals surface area contributed by atoms with Gasteiger partial charge < -0.3 is 39.8 Å². The highest BCUT2D eigenvalue weighted by Gasteiger charge is 2.03. The van der Waals surface area contributed by atoms with Crippen LogP contribution in [-0.4, -0.2) is 83.0 Å². The van der Waals surface area contributed by atoms with Crippen molar-refractivity contribution in [2.75, 3.05) is 71.7 Å². The van der Waals surface area contributed by atoms with E-state index in [0.717, 1.165) is 0 Å². The van der Waals surface area contributed by atoms with Gasteiger partial charge in [0.05, 0.1) is 45.3 Å². The maximum absolute atomic E-state index is 11.3. The van der Waals surface area contributed by atoms with Gasteiger partial charge >= 0.3 is 5.97 Å². The summed E-state index contributed by atoms with van der Waals surface area (Å²) in [5.74, 6) is -0.868. The summed E-state index contributed by atoms with van der Waals surface area (Å²) in [5, 5.41) is 10.9. The molecule has 0 fully saturated rings. The Morgan fingerprint density at radius 2 is 1.46 bits per heavy atom. The first-order chi connectivity index (χ1) is 13.6. The van der Waals surface area contributed by atoms with Gasteiger partial charge in [0.1, 0.15) is 25.6 Å². The van der Waals surface area contributed by atoms with Crippen molar-refractivity contribution >= 4 is 17.6 Å². The third kappa shape index (κ3) is 12.9. The van der Waals surface area contributed by atoms with Crippen molar-refractivity contribution in [2.24, 2.45) is 0 Å². The van der Waals surface area contributed by atoms with Gasteiger partial charge in [0, 0.05) is 6.54 Å². The number of nitrogens with one attached hydrogen (secondary N) is 1. The van der Waals surface area contributed by atoms with Crippen molar-refractivity contribution in [3.8, 4) is 5.75 Å². The number of carbonyl (C=O) groups is 2. The molecule has 0 aliphatic heterocycles. The standard InChI is InChI=1S/C18H28N2O8/c19-15-3-1-2-4-16(15)28-12-11-26-10-9-25-8-7-24-6-5-20-17(21)13-27-14-18(22)23/h1-4H,5-14,19H2,(H,20,21)(H,22,23). The van der Waals surface area contributed by atoms with Crippen LogP contribution in [0.1, 0.15) is 0 Å². The molecule has 0 radical (unpaired) electrons. The number of nitrogen functional groups attached to an aromatic ring is 1. The van der Waals surface area contributed by atoms with Crippen molar-refractivity contribution < 1.29 is 38.4 Å². The normalized spacial score (nSPS) is 10.6. The minimum Gasteiger partial charge on any atom is -0.489 e. The fraction of sp³-hybridized carbons (Fsp3) is 0.556. The third-order valence-electron chi connectivity index (χ3n) is 3.18. The summed E-state index contributed by atoms with van der Waals surface area (Å²) in [6.45, 7) is 2.37. The zero-order valence-electron chi connectivity index (χ0n) is 15.8. The quantitative estimate of drug-likeness (QED) is 0.242. The number of carboxylic acids is 1. The highest BCUT2D eigenvalue weighted by molar-refractivity contribution is 5.77. The van der Waals surface area contributed by atoms with Crippen LogP contribution in [0.4, 0.5) is 5.69 Å². The Kier molecular flexibility index (Phi) is 13.2. The Labute approximate surface area is 163 Å². The minimum absolute atomic E-state index is 0.292. The van der Waals surface area contributed by atoms with E-state index in [9.17, 15) is 9.59 Å². The molecule has 1 aromatic carbocycles. The SMILES string of the molecule is Nc1ccccc1OCCOCCOCCOCCNC(=O)COCC(=O)O. The predicted molar refractivity (Wildman–Crippen MR) is 100 cm³/mol. The van der Waals surface area contributed by atoms with E-state index in [4.69, 9.17) is 29.8 Å². The molecule has 158 valence electrons. The van der Waals surface area contributed by atoms with E-state index in [1.165, 1.54) is 0 Å². The highest BCUT2D eigenvalue weighted by atomic mass is 16.6. The summed E-state index contributed by atoms with van der Waals surface area (Å²) >= 11 is 0. The van der Waals surface area contributed by atoms with E-state index in [1.54, 1.807) is 12.1 Å². The van der Waals surface area contributed by atoms with Crippen LogP contribution in [0.25, 0.3) is 0 Å². The van der Waals surface area contributed by atoms with Gasteiger partial charge in [-0.2, -0.15) is 0 Å². The Morgan fingerprint density at radius 1 is 0.857 bits per heavy atom. The Hall–Kier alpha value is -2.40. The van der Waals surface area contributed by atoms with Crippen molar-refractivity contribution in [1.29, 1.82) is 0 Å². The molecule has 0 spiro atoms. The number of carboxylic acid groups (broad SMARTS) is 1. The van der Waals surface area contributed by atoms with E-state index in [2.05, 4.69) is 10.1 Å². The molecular weight excluding hydrogens is 372 g/mol. The first-order valence-corrected chi connectivity index (χ1v) is 8.86. The monoisotopic (exact) mass is 400 g/mol. The van der Waals surface area contributed by atoms with Crippen LogP contribution in [-0.2, 0) is 28.5 Å². The van der Waals surface area contributed by atoms with Crippen molar-refractivity contribution in [3.63, 3.8) is 0 Å². The molecule has 0 bridgehead atoms. The van der Waals surface area contributed by atoms with Crippen LogP contribution in [0.15, 0.2) is 24.3 Å². The van der Waals surface area contributed by atoms with Crippen LogP contribution in [0, 0.1) is 0 Å². The van der Waals surface area contributed by atoms with Gasteiger partial charge in [-0.25, -0.2) is 4.79 Å². The molecule has 4 N–H and O–H groups in total. The maximum Gasteiger partial charge on any atom is 0.329 e. The summed E-state index contributed by atoms with van der Waals surface area (Å²) in [7, 11) is 0. The largest absolute Gasteiger partial charge is 0.489 e. The van der Waals surface area contributed by atoms with Gasteiger partial charge in [-0.15, -0.1) is 0 Å². The van der Waals surface area contributed by atoms with Crippen LogP contribution in [0.3, 0.4) is 0 Å². The van der Waals surface area contributed by atoms with Crippen LogP contribution >= 0.6 is 0 Å². The fourth-order valence-electron chi connectivity index (χ4n) is 1.91. The zero-order chi connectivity index (χ0) is 20.5. The van der Waals surface area contributed by atoms with Crippen molar-refractivity contribution in [2.45, 2.75) is 0 Å². The second-order valence-corrected chi connectivity index (χ2v) is 5.46. The van der Waals surface area contributed by atoms with Crippen LogP contribution in [0.2, 0.25) is 0 Å². The van der Waals surface area contributed by atoms with Gasteiger partial charge in [0.15, 0.2) is 0 Å². The smallest absolute Gasteiger partial charge is 0.329 e. The third-order valence-corrected chi connectivity index (χ3v) is 3.18. The Balaban J connectivity index is 1.80. The zero-order valence-corrected chi connectivity index (χ0v) is 15.8. The average Bonchev–Trinajstić information content (AvgIpc) is 2.66. The van der Waals surface area contributed by atoms with E-state index in [-0.39, 0.29) is 6.61 Å². The van der Waals surface area contributed by atoms with Crippen LogP contribution < -0.4 is 15.8 Å². The molecule has 0 unspecified atom stereocenters.